The Labute approximate surface area is 360 Å². The Bertz CT molecular complexity index is 3600. The van der Waals surface area contributed by atoms with Crippen molar-refractivity contribution >= 4 is 43.6 Å². The summed E-state index contributed by atoms with van der Waals surface area (Å²) in [5.74, 6) is 0. The van der Waals surface area contributed by atoms with Gasteiger partial charge in [-0.25, -0.2) is 0 Å². The number of rotatable bonds is 7. The first-order chi connectivity index (χ1) is 30.8. The van der Waals surface area contributed by atoms with Crippen LogP contribution < -0.4 is 0 Å². The molecule has 2 aromatic heterocycles. The smallest absolute Gasteiger partial charge is 0.0547 e. The van der Waals surface area contributed by atoms with E-state index in [0.717, 1.165) is 11.4 Å². The van der Waals surface area contributed by atoms with Crippen LogP contribution in [-0.2, 0) is 0 Å². The van der Waals surface area contributed by atoms with Gasteiger partial charge in [0.15, 0.2) is 0 Å². The van der Waals surface area contributed by atoms with E-state index in [0.29, 0.717) is 0 Å². The molecule has 12 rings (SSSR count). The maximum absolute atomic E-state index is 2.47. The summed E-state index contributed by atoms with van der Waals surface area (Å²) in [5.41, 5.74) is 19.1. The number of hydrogen-bond donors (Lipinski definition) is 0. The van der Waals surface area contributed by atoms with Crippen molar-refractivity contribution in [1.82, 2.24) is 9.13 Å². The molecule has 0 N–H and O–H groups in total. The van der Waals surface area contributed by atoms with E-state index in [9.17, 15) is 0 Å². The van der Waals surface area contributed by atoms with Crippen LogP contribution in [-0.4, -0.2) is 9.13 Å². The molecular weight excluding hydrogens is 749 g/mol. The second kappa shape index (κ2) is 14.8. The Balaban J connectivity index is 1.05. The third kappa shape index (κ3) is 5.96. The number of fused-ring (bicyclic) bond motifs is 6. The predicted octanol–water partition coefficient (Wildman–Crippen LogP) is 16.2. The van der Waals surface area contributed by atoms with E-state index in [4.69, 9.17) is 0 Å². The molecular formula is C60H40N2. The Morgan fingerprint density at radius 1 is 0.194 bits per heavy atom. The zero-order valence-corrected chi connectivity index (χ0v) is 34.0. The normalized spacial score (nSPS) is 11.5. The van der Waals surface area contributed by atoms with Gasteiger partial charge in [-0.1, -0.05) is 188 Å². The van der Waals surface area contributed by atoms with Crippen molar-refractivity contribution in [3.05, 3.63) is 243 Å². The van der Waals surface area contributed by atoms with E-state index in [1.807, 2.05) is 0 Å². The standard InChI is InChI=1S/C60H40N2/c1-5-17-41(18-6-1)45-30-34-57(52(37-45)44-23-11-4-12-24-44)61-56-28-16-14-26-50(56)53-38-46(31-35-58(53)61)47-32-36-59-54(39-47)51-33-29-48(42-19-7-2-8-20-42)40-60(51)62(59)55-27-15-13-25-49(55)43-21-9-3-10-22-43/h1-40H. The summed E-state index contributed by atoms with van der Waals surface area (Å²) >= 11 is 0. The molecule has 2 heteroatoms. The fourth-order valence-corrected chi connectivity index (χ4v) is 9.60. The zero-order valence-electron chi connectivity index (χ0n) is 34.0. The summed E-state index contributed by atoms with van der Waals surface area (Å²) in [4.78, 5) is 0. The van der Waals surface area contributed by atoms with E-state index in [1.54, 1.807) is 0 Å². The zero-order chi connectivity index (χ0) is 41.0. The van der Waals surface area contributed by atoms with Gasteiger partial charge in [0.2, 0.25) is 0 Å². The van der Waals surface area contributed by atoms with Gasteiger partial charge in [0.1, 0.15) is 0 Å². The molecule has 10 aromatic carbocycles. The van der Waals surface area contributed by atoms with Gasteiger partial charge in [0, 0.05) is 32.7 Å². The minimum atomic E-state index is 1.16. The molecule has 0 saturated carbocycles. The van der Waals surface area contributed by atoms with Gasteiger partial charge in [-0.15, -0.1) is 0 Å². The SMILES string of the molecule is c1ccc(-c2ccc(-n3c4ccccc4c4cc(-c5ccc6c(c5)c5ccc(-c7ccccc7)cc5n6-c5ccccc5-c5ccccc5)ccc43)c(-c3ccccc3)c2)cc1. The van der Waals surface area contributed by atoms with Gasteiger partial charge < -0.3 is 9.13 Å². The van der Waals surface area contributed by atoms with E-state index in [2.05, 4.69) is 252 Å². The van der Waals surface area contributed by atoms with Crippen LogP contribution in [0.1, 0.15) is 0 Å². The van der Waals surface area contributed by atoms with Crippen LogP contribution in [0, 0.1) is 0 Å². The van der Waals surface area contributed by atoms with Gasteiger partial charge in [-0.3, -0.25) is 0 Å². The summed E-state index contributed by atoms with van der Waals surface area (Å²) in [6, 6.07) is 88.4. The fourth-order valence-electron chi connectivity index (χ4n) is 9.60. The third-order valence-electron chi connectivity index (χ3n) is 12.5. The highest BCUT2D eigenvalue weighted by molar-refractivity contribution is 6.14. The maximum atomic E-state index is 2.47. The van der Waals surface area contributed by atoms with Gasteiger partial charge in [-0.2, -0.15) is 0 Å². The average molecular weight is 789 g/mol. The van der Waals surface area contributed by atoms with Crippen LogP contribution in [0.4, 0.5) is 0 Å². The predicted molar refractivity (Wildman–Crippen MR) is 262 cm³/mol. The molecule has 290 valence electrons. The van der Waals surface area contributed by atoms with Crippen LogP contribution in [0.5, 0.6) is 0 Å². The van der Waals surface area contributed by atoms with Crippen molar-refractivity contribution in [2.45, 2.75) is 0 Å². The van der Waals surface area contributed by atoms with E-state index < -0.39 is 0 Å². The molecule has 62 heavy (non-hydrogen) atoms. The number of hydrogen-bond acceptors (Lipinski definition) is 0. The molecule has 0 aliphatic carbocycles. The number of nitrogens with zero attached hydrogens (tertiary/aromatic N) is 2. The van der Waals surface area contributed by atoms with Gasteiger partial charge >= 0.3 is 0 Å². The molecule has 0 spiro atoms. The molecule has 0 saturated heterocycles. The summed E-state index contributed by atoms with van der Waals surface area (Å²) in [5, 5.41) is 4.93. The van der Waals surface area contributed by atoms with E-state index >= 15 is 0 Å². The lowest BCUT2D eigenvalue weighted by Gasteiger charge is -2.16. The second-order valence-corrected chi connectivity index (χ2v) is 16.1. The molecule has 2 heterocycles. The first-order valence-corrected chi connectivity index (χ1v) is 21.3. The molecule has 0 aliphatic rings. The lowest BCUT2D eigenvalue weighted by atomic mass is 9.97. The van der Waals surface area contributed by atoms with Crippen LogP contribution in [0.25, 0.3) is 111 Å². The highest BCUT2D eigenvalue weighted by Crippen LogP contribution is 2.42. The lowest BCUT2D eigenvalue weighted by Crippen LogP contribution is -1.98. The highest BCUT2D eigenvalue weighted by atomic mass is 15.0. The molecule has 0 bridgehead atoms. The average Bonchev–Trinajstić information content (AvgIpc) is 3.86. The van der Waals surface area contributed by atoms with Crippen molar-refractivity contribution in [3.8, 4) is 67.0 Å². The first-order valence-electron chi connectivity index (χ1n) is 21.3. The van der Waals surface area contributed by atoms with Crippen LogP contribution in [0.15, 0.2) is 243 Å². The summed E-state index contributed by atoms with van der Waals surface area (Å²) < 4.78 is 4.92. The monoisotopic (exact) mass is 788 g/mol. The summed E-state index contributed by atoms with van der Waals surface area (Å²) in [7, 11) is 0. The van der Waals surface area contributed by atoms with Gasteiger partial charge in [0.05, 0.1) is 33.4 Å². The van der Waals surface area contributed by atoms with Crippen LogP contribution >= 0.6 is 0 Å². The Kier molecular flexibility index (Phi) is 8.53. The molecule has 0 amide bonds. The van der Waals surface area contributed by atoms with Gasteiger partial charge in [0.25, 0.3) is 0 Å². The summed E-state index contributed by atoms with van der Waals surface area (Å²) in [6.45, 7) is 0. The quantitative estimate of drug-likeness (QED) is 0.152. The summed E-state index contributed by atoms with van der Waals surface area (Å²) in [6.07, 6.45) is 0. The number of benzene rings is 10. The topological polar surface area (TPSA) is 9.86 Å². The fraction of sp³-hybridized carbons (Fsp3) is 0. The minimum Gasteiger partial charge on any atom is -0.309 e. The molecule has 0 fully saturated rings. The number of para-hydroxylation sites is 2. The highest BCUT2D eigenvalue weighted by Gasteiger charge is 2.20. The lowest BCUT2D eigenvalue weighted by molar-refractivity contribution is 1.18. The maximum Gasteiger partial charge on any atom is 0.0547 e. The Morgan fingerprint density at radius 2 is 0.597 bits per heavy atom. The molecule has 0 radical (unpaired) electrons. The second-order valence-electron chi connectivity index (χ2n) is 16.1. The van der Waals surface area contributed by atoms with Gasteiger partial charge in [-0.05, 0) is 99.1 Å². The molecule has 2 nitrogen and oxygen atoms in total. The van der Waals surface area contributed by atoms with Crippen molar-refractivity contribution in [3.63, 3.8) is 0 Å². The van der Waals surface area contributed by atoms with Crippen molar-refractivity contribution < 1.29 is 0 Å². The molecule has 0 atom stereocenters. The molecule has 0 aliphatic heterocycles. The molecule has 12 aromatic rings. The molecule has 0 unspecified atom stereocenters. The van der Waals surface area contributed by atoms with Crippen LogP contribution in [0.3, 0.4) is 0 Å². The first kappa shape index (κ1) is 35.7. The third-order valence-corrected chi connectivity index (χ3v) is 12.5. The Morgan fingerprint density at radius 3 is 1.23 bits per heavy atom. The van der Waals surface area contributed by atoms with Crippen molar-refractivity contribution in [2.75, 3.05) is 0 Å². The van der Waals surface area contributed by atoms with E-state index in [-0.39, 0.29) is 0 Å². The van der Waals surface area contributed by atoms with Crippen molar-refractivity contribution in [1.29, 1.82) is 0 Å². The van der Waals surface area contributed by atoms with E-state index in [1.165, 1.54) is 99.2 Å². The van der Waals surface area contributed by atoms with Crippen molar-refractivity contribution in [2.24, 2.45) is 0 Å². The largest absolute Gasteiger partial charge is 0.309 e. The Hall–Kier alpha value is -8.20. The number of aromatic nitrogens is 2. The minimum absolute atomic E-state index is 1.16. The van der Waals surface area contributed by atoms with Crippen LogP contribution in [0.2, 0.25) is 0 Å².